The lowest BCUT2D eigenvalue weighted by molar-refractivity contribution is -0.124. The summed E-state index contributed by atoms with van der Waals surface area (Å²) in [7, 11) is 1.41. The van der Waals surface area contributed by atoms with Gasteiger partial charge in [0, 0.05) is 5.69 Å². The largest absolute Gasteiger partial charge is 0.493 e. The van der Waals surface area contributed by atoms with E-state index in [9.17, 15) is 19.2 Å². The quantitative estimate of drug-likeness (QED) is 0.436. The van der Waals surface area contributed by atoms with Crippen molar-refractivity contribution >= 4 is 51.4 Å². The van der Waals surface area contributed by atoms with Crippen LogP contribution in [0.1, 0.15) is 5.56 Å². The zero-order valence-electron chi connectivity index (χ0n) is 15.7. The summed E-state index contributed by atoms with van der Waals surface area (Å²) in [6, 6.07) is 11.2. The summed E-state index contributed by atoms with van der Waals surface area (Å²) in [5.41, 5.74) is 0.843. The van der Waals surface area contributed by atoms with E-state index in [0.29, 0.717) is 15.7 Å². The summed E-state index contributed by atoms with van der Waals surface area (Å²) < 4.78 is 11.3. The van der Waals surface area contributed by atoms with Crippen molar-refractivity contribution < 1.29 is 28.7 Å². The van der Waals surface area contributed by atoms with Crippen LogP contribution in [-0.2, 0) is 14.4 Å². The van der Waals surface area contributed by atoms with Crippen LogP contribution in [-0.4, -0.2) is 37.5 Å². The Hall–Kier alpha value is -3.66. The molecule has 1 heterocycles. The van der Waals surface area contributed by atoms with E-state index in [2.05, 4.69) is 21.2 Å². The van der Waals surface area contributed by atoms with Gasteiger partial charge in [0.05, 0.1) is 11.6 Å². The molecular formula is C20H16BrN3O6. The number of carbonyl (C=O) groups is 4. The molecule has 0 bridgehead atoms. The van der Waals surface area contributed by atoms with Crippen LogP contribution in [0.3, 0.4) is 0 Å². The maximum absolute atomic E-state index is 12.1. The maximum Gasteiger partial charge on any atom is 0.328 e. The molecule has 9 nitrogen and oxygen atoms in total. The summed E-state index contributed by atoms with van der Waals surface area (Å²) in [5, 5.41) is 6.70. The van der Waals surface area contributed by atoms with E-state index in [4.69, 9.17) is 9.47 Å². The second kappa shape index (κ2) is 9.23. The topological polar surface area (TPSA) is 123 Å². The van der Waals surface area contributed by atoms with Gasteiger partial charge >= 0.3 is 6.03 Å². The van der Waals surface area contributed by atoms with E-state index in [1.807, 2.05) is 16.7 Å². The van der Waals surface area contributed by atoms with Crippen molar-refractivity contribution in [2.75, 3.05) is 19.0 Å². The van der Waals surface area contributed by atoms with Gasteiger partial charge in [0.15, 0.2) is 18.1 Å². The zero-order valence-corrected chi connectivity index (χ0v) is 17.2. The molecule has 1 saturated heterocycles. The third kappa shape index (κ3) is 5.03. The van der Waals surface area contributed by atoms with Crippen LogP contribution in [0.4, 0.5) is 10.5 Å². The Morgan fingerprint density at radius 2 is 1.77 bits per heavy atom. The van der Waals surface area contributed by atoms with Crippen molar-refractivity contribution in [1.29, 1.82) is 0 Å². The Morgan fingerprint density at radius 3 is 2.40 bits per heavy atom. The van der Waals surface area contributed by atoms with E-state index in [0.717, 1.165) is 0 Å². The third-order valence-corrected chi connectivity index (χ3v) is 4.50. The number of anilines is 1. The molecule has 0 unspecified atom stereocenters. The number of barbiturate groups is 1. The SMILES string of the molecule is COc1cc(C=C2C(=O)NC(=O)NC2=O)cc(Br)c1OCC(=O)Nc1ccccc1. The minimum atomic E-state index is -0.876. The van der Waals surface area contributed by atoms with Gasteiger partial charge in [0.2, 0.25) is 0 Å². The summed E-state index contributed by atoms with van der Waals surface area (Å²) in [4.78, 5) is 47.0. The molecule has 1 aliphatic rings. The van der Waals surface area contributed by atoms with Crippen molar-refractivity contribution in [2.45, 2.75) is 0 Å². The first-order valence-electron chi connectivity index (χ1n) is 8.61. The average molecular weight is 474 g/mol. The Labute approximate surface area is 179 Å². The number of urea groups is 1. The fourth-order valence-electron chi connectivity index (χ4n) is 2.59. The number of benzene rings is 2. The monoisotopic (exact) mass is 473 g/mol. The number of para-hydroxylation sites is 1. The van der Waals surface area contributed by atoms with E-state index in [1.165, 1.54) is 19.3 Å². The van der Waals surface area contributed by atoms with Crippen LogP contribution in [0.25, 0.3) is 6.08 Å². The number of methoxy groups -OCH3 is 1. The van der Waals surface area contributed by atoms with Gasteiger partial charge in [-0.3, -0.25) is 25.0 Å². The second-order valence-corrected chi connectivity index (χ2v) is 6.89. The Morgan fingerprint density at radius 1 is 1.10 bits per heavy atom. The summed E-state index contributed by atoms with van der Waals surface area (Å²) >= 11 is 3.34. The van der Waals surface area contributed by atoms with Crippen molar-refractivity contribution in [3.8, 4) is 11.5 Å². The number of halogens is 1. The van der Waals surface area contributed by atoms with Crippen LogP contribution in [0, 0.1) is 0 Å². The molecule has 3 rings (SSSR count). The van der Waals surface area contributed by atoms with Crippen molar-refractivity contribution in [2.24, 2.45) is 0 Å². The summed E-state index contributed by atoms with van der Waals surface area (Å²) in [5.74, 6) is -1.43. The lowest BCUT2D eigenvalue weighted by atomic mass is 10.1. The Balaban J connectivity index is 1.76. The molecule has 1 fully saturated rings. The first-order chi connectivity index (χ1) is 14.4. The minimum Gasteiger partial charge on any atom is -0.493 e. The maximum atomic E-state index is 12.1. The zero-order chi connectivity index (χ0) is 21.7. The molecule has 0 aromatic heterocycles. The molecule has 0 radical (unpaired) electrons. The number of ether oxygens (including phenoxy) is 2. The molecule has 1 aliphatic heterocycles. The number of rotatable bonds is 6. The van der Waals surface area contributed by atoms with Gasteiger partial charge in [0.1, 0.15) is 5.57 Å². The molecule has 154 valence electrons. The highest BCUT2D eigenvalue weighted by Gasteiger charge is 2.28. The predicted octanol–water partition coefficient (Wildman–Crippen LogP) is 2.22. The lowest BCUT2D eigenvalue weighted by Gasteiger charge is -2.15. The summed E-state index contributed by atoms with van der Waals surface area (Å²) in [6.07, 6.45) is 1.30. The van der Waals surface area contributed by atoms with Gasteiger partial charge in [-0.15, -0.1) is 0 Å². The van der Waals surface area contributed by atoms with Crippen LogP contribution in [0.2, 0.25) is 0 Å². The normalized spacial score (nSPS) is 13.3. The van der Waals surface area contributed by atoms with Crippen molar-refractivity contribution in [3.63, 3.8) is 0 Å². The Bertz CT molecular complexity index is 1030. The van der Waals surface area contributed by atoms with Gasteiger partial charge in [0.25, 0.3) is 17.7 Å². The molecule has 2 aromatic carbocycles. The van der Waals surface area contributed by atoms with Crippen molar-refractivity contribution in [3.05, 3.63) is 58.1 Å². The van der Waals surface area contributed by atoms with Crippen LogP contribution < -0.4 is 25.4 Å². The number of imide groups is 2. The Kier molecular flexibility index (Phi) is 6.48. The molecule has 3 N–H and O–H groups in total. The first kappa shape index (κ1) is 21.1. The van der Waals surface area contributed by atoms with E-state index in [1.54, 1.807) is 30.3 Å². The van der Waals surface area contributed by atoms with Crippen molar-refractivity contribution in [1.82, 2.24) is 10.6 Å². The standard InChI is InChI=1S/C20H16BrN3O6/c1-29-15-9-11(7-13-18(26)23-20(28)24-19(13)27)8-14(21)17(15)30-10-16(25)22-12-5-3-2-4-6-12/h2-9H,10H2,1H3,(H,22,25)(H2,23,24,26,27,28). The first-order valence-corrected chi connectivity index (χ1v) is 9.40. The molecule has 0 saturated carbocycles. The second-order valence-electron chi connectivity index (χ2n) is 6.03. The van der Waals surface area contributed by atoms with Crippen LogP contribution >= 0.6 is 15.9 Å². The molecule has 30 heavy (non-hydrogen) atoms. The highest BCUT2D eigenvalue weighted by atomic mass is 79.9. The van der Waals surface area contributed by atoms with E-state index in [-0.39, 0.29) is 29.6 Å². The molecule has 2 aromatic rings. The molecular weight excluding hydrogens is 458 g/mol. The van der Waals surface area contributed by atoms with E-state index < -0.39 is 17.8 Å². The minimum absolute atomic E-state index is 0.237. The molecule has 0 aliphatic carbocycles. The fraction of sp³-hybridized carbons (Fsp3) is 0.100. The molecule has 10 heteroatoms. The fourth-order valence-corrected chi connectivity index (χ4v) is 3.17. The van der Waals surface area contributed by atoms with E-state index >= 15 is 0 Å². The van der Waals surface area contributed by atoms with Crippen LogP contribution in [0.15, 0.2) is 52.5 Å². The van der Waals surface area contributed by atoms with Gasteiger partial charge in [-0.05, 0) is 51.8 Å². The average Bonchev–Trinajstić information content (AvgIpc) is 2.70. The number of amides is 5. The summed E-state index contributed by atoms with van der Waals surface area (Å²) in [6.45, 7) is -0.267. The number of carbonyl (C=O) groups excluding carboxylic acids is 4. The lowest BCUT2D eigenvalue weighted by Crippen LogP contribution is -2.51. The van der Waals surface area contributed by atoms with Gasteiger partial charge in [-0.2, -0.15) is 0 Å². The van der Waals surface area contributed by atoms with Gasteiger partial charge in [-0.25, -0.2) is 4.79 Å². The van der Waals surface area contributed by atoms with Crippen LogP contribution in [0.5, 0.6) is 11.5 Å². The molecule has 5 amide bonds. The number of hydrogen-bond acceptors (Lipinski definition) is 6. The molecule has 0 spiro atoms. The number of hydrogen-bond donors (Lipinski definition) is 3. The smallest absolute Gasteiger partial charge is 0.328 e. The van der Waals surface area contributed by atoms with Gasteiger partial charge < -0.3 is 14.8 Å². The predicted molar refractivity (Wildman–Crippen MR) is 111 cm³/mol. The van der Waals surface area contributed by atoms with Gasteiger partial charge in [-0.1, -0.05) is 18.2 Å². The highest BCUT2D eigenvalue weighted by Crippen LogP contribution is 2.37. The molecule has 0 atom stereocenters. The highest BCUT2D eigenvalue weighted by molar-refractivity contribution is 9.10. The number of nitrogens with one attached hydrogen (secondary N) is 3. The third-order valence-electron chi connectivity index (χ3n) is 3.91.